The molecule has 0 aliphatic carbocycles. The van der Waals surface area contributed by atoms with Crippen LogP contribution in [0.5, 0.6) is 5.75 Å². The van der Waals surface area contributed by atoms with Gasteiger partial charge >= 0.3 is 0 Å². The molecule has 0 bridgehead atoms. The molecular formula is C13H16ClNO2. The van der Waals surface area contributed by atoms with Crippen molar-refractivity contribution < 1.29 is 9.53 Å². The second-order valence-corrected chi connectivity index (χ2v) is 4.38. The molecule has 3 nitrogen and oxygen atoms in total. The number of ether oxygens (including phenoxy) is 1. The summed E-state index contributed by atoms with van der Waals surface area (Å²) in [5.74, 6) is 0.736. The van der Waals surface area contributed by atoms with E-state index in [-0.39, 0.29) is 17.8 Å². The van der Waals surface area contributed by atoms with Crippen molar-refractivity contribution in [2.45, 2.75) is 25.8 Å². The number of nitrogens with one attached hydrogen (secondary N) is 1. The quantitative estimate of drug-likeness (QED) is 0.841. The number of carbonyl (C=O) groups excluding carboxylic acids is 1. The number of aryl methyl sites for hydroxylation is 1. The molecule has 17 heavy (non-hydrogen) atoms. The molecule has 0 saturated carbocycles. The lowest BCUT2D eigenvalue weighted by atomic mass is 9.97. The van der Waals surface area contributed by atoms with E-state index in [1.165, 1.54) is 5.56 Å². The topological polar surface area (TPSA) is 38.3 Å². The summed E-state index contributed by atoms with van der Waals surface area (Å²) in [5, 5.41) is 2.93. The van der Waals surface area contributed by atoms with Gasteiger partial charge in [-0.1, -0.05) is 19.1 Å². The first-order chi connectivity index (χ1) is 8.24. The maximum Gasteiger partial charge on any atom is 0.235 e. The van der Waals surface area contributed by atoms with Gasteiger partial charge in [0, 0.05) is 12.0 Å². The van der Waals surface area contributed by atoms with Crippen molar-refractivity contribution in [1.29, 1.82) is 0 Å². The fourth-order valence-corrected chi connectivity index (χ4v) is 2.12. The molecule has 1 aliphatic rings. The van der Waals surface area contributed by atoms with Crippen LogP contribution in [0.25, 0.3) is 0 Å². The van der Waals surface area contributed by atoms with Gasteiger partial charge in [-0.25, -0.2) is 0 Å². The van der Waals surface area contributed by atoms with E-state index in [1.807, 2.05) is 6.07 Å². The second kappa shape index (κ2) is 5.41. The molecule has 92 valence electrons. The van der Waals surface area contributed by atoms with Crippen molar-refractivity contribution in [3.8, 4) is 5.75 Å². The SMILES string of the molecule is CCc1ccc2c(c1)[C@@H](NC(=O)CCl)CCO2. The molecule has 0 radical (unpaired) electrons. The number of benzene rings is 1. The van der Waals surface area contributed by atoms with Crippen LogP contribution in [0.2, 0.25) is 0 Å². The predicted octanol–water partition coefficient (Wildman–Crippen LogP) is 2.43. The molecule has 1 amide bonds. The Balaban J connectivity index is 2.25. The Kier molecular flexibility index (Phi) is 3.89. The van der Waals surface area contributed by atoms with E-state index in [1.54, 1.807) is 0 Å². The van der Waals surface area contributed by atoms with Crippen molar-refractivity contribution in [2.75, 3.05) is 12.5 Å². The fraction of sp³-hybridized carbons (Fsp3) is 0.462. The molecule has 0 aromatic heterocycles. The molecule has 1 N–H and O–H groups in total. The van der Waals surface area contributed by atoms with Gasteiger partial charge in [-0.05, 0) is 18.1 Å². The number of halogens is 1. The standard InChI is InChI=1S/C13H16ClNO2/c1-2-9-3-4-12-10(7-9)11(5-6-17-12)15-13(16)8-14/h3-4,7,11H,2,5-6,8H2,1H3,(H,15,16)/t11-/m0/s1. The van der Waals surface area contributed by atoms with Crippen LogP contribution in [-0.2, 0) is 11.2 Å². The van der Waals surface area contributed by atoms with Crippen molar-refractivity contribution in [3.05, 3.63) is 29.3 Å². The lowest BCUT2D eigenvalue weighted by Crippen LogP contribution is -2.32. The van der Waals surface area contributed by atoms with Crippen molar-refractivity contribution in [2.24, 2.45) is 0 Å². The van der Waals surface area contributed by atoms with E-state index >= 15 is 0 Å². The Bertz CT molecular complexity index is 420. The summed E-state index contributed by atoms with van der Waals surface area (Å²) >= 11 is 5.51. The molecule has 1 heterocycles. The lowest BCUT2D eigenvalue weighted by Gasteiger charge is -2.27. The number of amides is 1. The first-order valence-corrected chi connectivity index (χ1v) is 6.39. The zero-order valence-electron chi connectivity index (χ0n) is 9.83. The third kappa shape index (κ3) is 2.72. The highest BCUT2D eigenvalue weighted by Gasteiger charge is 2.22. The van der Waals surface area contributed by atoms with Crippen LogP contribution in [0.3, 0.4) is 0 Å². The molecule has 0 spiro atoms. The molecule has 4 heteroatoms. The monoisotopic (exact) mass is 253 g/mol. The number of alkyl halides is 1. The third-order valence-corrected chi connectivity index (χ3v) is 3.22. The summed E-state index contributed by atoms with van der Waals surface area (Å²) in [6, 6.07) is 6.17. The highest BCUT2D eigenvalue weighted by molar-refractivity contribution is 6.27. The highest BCUT2D eigenvalue weighted by Crippen LogP contribution is 2.32. The minimum Gasteiger partial charge on any atom is -0.493 e. The van der Waals surface area contributed by atoms with Gasteiger partial charge in [-0.2, -0.15) is 0 Å². The number of fused-ring (bicyclic) bond motifs is 1. The average molecular weight is 254 g/mol. The second-order valence-electron chi connectivity index (χ2n) is 4.12. The van der Waals surface area contributed by atoms with Crippen molar-refractivity contribution in [1.82, 2.24) is 5.32 Å². The van der Waals surface area contributed by atoms with Crippen LogP contribution < -0.4 is 10.1 Å². The summed E-state index contributed by atoms with van der Waals surface area (Å²) in [6.07, 6.45) is 1.77. The largest absolute Gasteiger partial charge is 0.493 e. The van der Waals surface area contributed by atoms with Crippen LogP contribution in [0.15, 0.2) is 18.2 Å². The van der Waals surface area contributed by atoms with Gasteiger partial charge in [0.05, 0.1) is 12.6 Å². The normalized spacial score (nSPS) is 18.1. The highest BCUT2D eigenvalue weighted by atomic mass is 35.5. The Labute approximate surface area is 106 Å². The Morgan fingerprint density at radius 3 is 3.12 bits per heavy atom. The number of rotatable bonds is 3. The third-order valence-electron chi connectivity index (χ3n) is 2.98. The van der Waals surface area contributed by atoms with Crippen molar-refractivity contribution >= 4 is 17.5 Å². The Morgan fingerprint density at radius 2 is 2.41 bits per heavy atom. The summed E-state index contributed by atoms with van der Waals surface area (Å²) in [7, 11) is 0. The van der Waals surface area contributed by atoms with E-state index in [9.17, 15) is 4.79 Å². The van der Waals surface area contributed by atoms with E-state index < -0.39 is 0 Å². The van der Waals surface area contributed by atoms with Crippen LogP contribution in [0.1, 0.15) is 30.5 Å². The molecule has 2 rings (SSSR count). The summed E-state index contributed by atoms with van der Waals surface area (Å²) in [5.41, 5.74) is 2.31. The van der Waals surface area contributed by atoms with Crippen LogP contribution in [-0.4, -0.2) is 18.4 Å². The average Bonchev–Trinajstić information content (AvgIpc) is 2.38. The van der Waals surface area contributed by atoms with E-state index in [4.69, 9.17) is 16.3 Å². The first kappa shape index (κ1) is 12.2. The van der Waals surface area contributed by atoms with Gasteiger partial charge in [-0.3, -0.25) is 4.79 Å². The zero-order valence-corrected chi connectivity index (χ0v) is 10.6. The molecule has 0 saturated heterocycles. The molecule has 0 fully saturated rings. The summed E-state index contributed by atoms with van der Waals surface area (Å²) < 4.78 is 5.58. The predicted molar refractivity (Wildman–Crippen MR) is 67.5 cm³/mol. The van der Waals surface area contributed by atoms with Gasteiger partial charge < -0.3 is 10.1 Å². The number of carbonyl (C=O) groups is 1. The maximum atomic E-state index is 11.4. The minimum atomic E-state index is -0.133. The lowest BCUT2D eigenvalue weighted by molar-refractivity contribution is -0.119. The van der Waals surface area contributed by atoms with Crippen LogP contribution in [0.4, 0.5) is 0 Å². The zero-order chi connectivity index (χ0) is 12.3. The minimum absolute atomic E-state index is 0.000158. The number of hydrogen-bond donors (Lipinski definition) is 1. The molecule has 1 aliphatic heterocycles. The Hall–Kier alpha value is -1.22. The van der Waals surface area contributed by atoms with Crippen LogP contribution >= 0.6 is 11.6 Å². The van der Waals surface area contributed by atoms with E-state index in [2.05, 4.69) is 24.4 Å². The smallest absolute Gasteiger partial charge is 0.235 e. The summed E-state index contributed by atoms with van der Waals surface area (Å²) in [4.78, 5) is 11.4. The molecule has 1 aromatic rings. The van der Waals surface area contributed by atoms with Gasteiger partial charge in [0.25, 0.3) is 0 Å². The molecular weight excluding hydrogens is 238 g/mol. The van der Waals surface area contributed by atoms with Gasteiger partial charge in [0.1, 0.15) is 11.6 Å². The first-order valence-electron chi connectivity index (χ1n) is 5.85. The maximum absolute atomic E-state index is 11.4. The van der Waals surface area contributed by atoms with Gasteiger partial charge in [0.2, 0.25) is 5.91 Å². The van der Waals surface area contributed by atoms with E-state index in [0.717, 1.165) is 24.2 Å². The fourth-order valence-electron chi connectivity index (χ4n) is 2.05. The van der Waals surface area contributed by atoms with Crippen LogP contribution in [0, 0.1) is 0 Å². The molecule has 0 unspecified atom stereocenters. The molecule has 1 atom stereocenters. The number of hydrogen-bond acceptors (Lipinski definition) is 2. The van der Waals surface area contributed by atoms with E-state index in [0.29, 0.717) is 6.61 Å². The van der Waals surface area contributed by atoms with Gasteiger partial charge in [-0.15, -0.1) is 11.6 Å². The Morgan fingerprint density at radius 1 is 1.59 bits per heavy atom. The molecule has 1 aromatic carbocycles. The summed E-state index contributed by atoms with van der Waals surface area (Å²) in [6.45, 7) is 2.74. The van der Waals surface area contributed by atoms with Gasteiger partial charge in [0.15, 0.2) is 0 Å². The van der Waals surface area contributed by atoms with Crippen molar-refractivity contribution in [3.63, 3.8) is 0 Å².